The quantitative estimate of drug-likeness (QED) is 0.827. The van der Waals surface area contributed by atoms with Gasteiger partial charge in [-0.15, -0.1) is 0 Å². The lowest BCUT2D eigenvalue weighted by Crippen LogP contribution is -2.29. The van der Waals surface area contributed by atoms with E-state index in [-0.39, 0.29) is 17.4 Å². The summed E-state index contributed by atoms with van der Waals surface area (Å²) in [6.07, 6.45) is 3.66. The zero-order valence-corrected chi connectivity index (χ0v) is 13.7. The van der Waals surface area contributed by atoms with Crippen molar-refractivity contribution in [3.05, 3.63) is 29.3 Å². The Morgan fingerprint density at radius 3 is 2.81 bits per heavy atom. The van der Waals surface area contributed by atoms with E-state index < -0.39 is 0 Å². The Morgan fingerprint density at radius 1 is 1.43 bits per heavy atom. The number of carbonyl (C=O) groups excluding carboxylic acids is 1. The van der Waals surface area contributed by atoms with Crippen molar-refractivity contribution in [2.75, 3.05) is 5.73 Å². The second kappa shape index (κ2) is 6.08. The fourth-order valence-corrected chi connectivity index (χ4v) is 3.47. The van der Waals surface area contributed by atoms with E-state index >= 15 is 0 Å². The highest BCUT2D eigenvalue weighted by Crippen LogP contribution is 2.33. The highest BCUT2D eigenvalue weighted by Gasteiger charge is 2.25. The van der Waals surface area contributed by atoms with Gasteiger partial charge in [0.1, 0.15) is 0 Å². The van der Waals surface area contributed by atoms with Crippen LogP contribution in [0.15, 0.2) is 18.2 Å². The van der Waals surface area contributed by atoms with E-state index in [1.54, 1.807) is 0 Å². The Balaban J connectivity index is 1.90. The maximum atomic E-state index is 12.2. The first kappa shape index (κ1) is 15.9. The van der Waals surface area contributed by atoms with Crippen LogP contribution in [0.4, 0.5) is 5.69 Å². The molecule has 0 saturated carbocycles. The third-order valence-electron chi connectivity index (χ3n) is 4.07. The van der Waals surface area contributed by atoms with Gasteiger partial charge in [-0.05, 0) is 53.9 Å². The lowest BCUT2D eigenvalue weighted by atomic mass is 9.84. The SMILES string of the molecule is CC(CC(=O)NC1CCc2cc(N)ccc21)CC(C)(C)C. The van der Waals surface area contributed by atoms with Crippen molar-refractivity contribution in [2.45, 2.75) is 59.4 Å². The van der Waals surface area contributed by atoms with Crippen molar-refractivity contribution in [3.8, 4) is 0 Å². The van der Waals surface area contributed by atoms with Crippen LogP contribution in [0.5, 0.6) is 0 Å². The summed E-state index contributed by atoms with van der Waals surface area (Å²) in [4.78, 5) is 12.2. The molecule has 2 rings (SSSR count). The number of nitrogens with two attached hydrogens (primary N) is 1. The molecule has 0 aliphatic heterocycles. The molecule has 1 aromatic carbocycles. The summed E-state index contributed by atoms with van der Waals surface area (Å²) in [7, 11) is 0. The summed E-state index contributed by atoms with van der Waals surface area (Å²) in [6.45, 7) is 8.82. The molecule has 116 valence electrons. The molecule has 1 aliphatic rings. The van der Waals surface area contributed by atoms with E-state index in [0.717, 1.165) is 24.9 Å². The average molecular weight is 288 g/mol. The number of carbonyl (C=O) groups is 1. The van der Waals surface area contributed by atoms with Gasteiger partial charge in [0.15, 0.2) is 0 Å². The van der Waals surface area contributed by atoms with Crippen LogP contribution in [-0.4, -0.2) is 5.91 Å². The molecule has 1 aliphatic carbocycles. The number of aryl methyl sites for hydroxylation is 1. The maximum Gasteiger partial charge on any atom is 0.220 e. The van der Waals surface area contributed by atoms with Crippen LogP contribution in [0.1, 0.15) is 64.1 Å². The van der Waals surface area contributed by atoms with E-state index in [1.807, 2.05) is 12.1 Å². The molecule has 0 spiro atoms. The maximum absolute atomic E-state index is 12.2. The van der Waals surface area contributed by atoms with Crippen molar-refractivity contribution >= 4 is 11.6 Å². The number of hydrogen-bond donors (Lipinski definition) is 2. The van der Waals surface area contributed by atoms with Gasteiger partial charge in [-0.25, -0.2) is 0 Å². The van der Waals surface area contributed by atoms with Gasteiger partial charge in [-0.2, -0.15) is 0 Å². The first-order valence-corrected chi connectivity index (χ1v) is 7.92. The van der Waals surface area contributed by atoms with Crippen LogP contribution < -0.4 is 11.1 Å². The largest absolute Gasteiger partial charge is 0.399 e. The van der Waals surface area contributed by atoms with E-state index in [0.29, 0.717) is 12.3 Å². The Labute approximate surface area is 128 Å². The van der Waals surface area contributed by atoms with Crippen molar-refractivity contribution in [1.29, 1.82) is 0 Å². The molecule has 2 unspecified atom stereocenters. The van der Waals surface area contributed by atoms with Crippen LogP contribution in [-0.2, 0) is 11.2 Å². The van der Waals surface area contributed by atoms with Gasteiger partial charge in [0.05, 0.1) is 6.04 Å². The van der Waals surface area contributed by atoms with Crippen LogP contribution in [0.3, 0.4) is 0 Å². The molecule has 3 heteroatoms. The Bertz CT molecular complexity index is 516. The normalized spacial score (nSPS) is 19.1. The molecule has 0 fully saturated rings. The Hall–Kier alpha value is -1.51. The van der Waals surface area contributed by atoms with Crippen LogP contribution in [0, 0.1) is 11.3 Å². The van der Waals surface area contributed by atoms with Crippen molar-refractivity contribution in [3.63, 3.8) is 0 Å². The highest BCUT2D eigenvalue weighted by molar-refractivity contribution is 5.77. The van der Waals surface area contributed by atoms with Crippen LogP contribution in [0.25, 0.3) is 0 Å². The lowest BCUT2D eigenvalue weighted by Gasteiger charge is -2.23. The third kappa shape index (κ3) is 4.48. The molecule has 2 atom stereocenters. The number of rotatable bonds is 4. The summed E-state index contributed by atoms with van der Waals surface area (Å²) in [6, 6.07) is 6.17. The van der Waals surface area contributed by atoms with Gasteiger partial charge in [0, 0.05) is 12.1 Å². The van der Waals surface area contributed by atoms with Gasteiger partial charge in [0.25, 0.3) is 0 Å². The number of fused-ring (bicyclic) bond motifs is 1. The van der Waals surface area contributed by atoms with E-state index in [4.69, 9.17) is 5.73 Å². The first-order chi connectivity index (χ1) is 9.74. The zero-order valence-electron chi connectivity index (χ0n) is 13.7. The fraction of sp³-hybridized carbons (Fsp3) is 0.611. The molecule has 3 N–H and O–H groups in total. The standard InChI is InChI=1S/C18H28N2O/c1-12(11-18(2,3)4)9-17(21)20-16-8-5-13-10-14(19)6-7-15(13)16/h6-7,10,12,16H,5,8-9,11,19H2,1-4H3,(H,20,21). The van der Waals surface area contributed by atoms with Crippen molar-refractivity contribution in [1.82, 2.24) is 5.32 Å². The monoisotopic (exact) mass is 288 g/mol. The molecule has 0 aromatic heterocycles. The van der Waals surface area contributed by atoms with Gasteiger partial charge in [-0.3, -0.25) is 4.79 Å². The van der Waals surface area contributed by atoms with E-state index in [1.165, 1.54) is 11.1 Å². The van der Waals surface area contributed by atoms with Gasteiger partial charge in [-0.1, -0.05) is 33.8 Å². The molecule has 3 nitrogen and oxygen atoms in total. The lowest BCUT2D eigenvalue weighted by molar-refractivity contribution is -0.122. The molecular weight excluding hydrogens is 260 g/mol. The summed E-state index contributed by atoms with van der Waals surface area (Å²) in [5, 5.41) is 3.19. The van der Waals surface area contributed by atoms with Gasteiger partial charge < -0.3 is 11.1 Å². The molecule has 0 bridgehead atoms. The van der Waals surface area contributed by atoms with Gasteiger partial charge >= 0.3 is 0 Å². The Kier molecular flexibility index (Phi) is 4.60. The number of benzene rings is 1. The molecule has 0 heterocycles. The highest BCUT2D eigenvalue weighted by atomic mass is 16.1. The third-order valence-corrected chi connectivity index (χ3v) is 4.07. The Morgan fingerprint density at radius 2 is 2.14 bits per heavy atom. The predicted octanol–water partition coefficient (Wildman–Crippen LogP) is 3.83. The molecule has 1 aromatic rings. The van der Waals surface area contributed by atoms with Crippen molar-refractivity contribution < 1.29 is 4.79 Å². The molecule has 0 saturated heterocycles. The number of hydrogen-bond acceptors (Lipinski definition) is 2. The number of anilines is 1. The minimum Gasteiger partial charge on any atom is -0.399 e. The molecule has 21 heavy (non-hydrogen) atoms. The average Bonchev–Trinajstić information content (AvgIpc) is 2.68. The number of nitrogen functional groups attached to an aromatic ring is 1. The van der Waals surface area contributed by atoms with E-state index in [2.05, 4.69) is 39.1 Å². The van der Waals surface area contributed by atoms with Crippen LogP contribution >= 0.6 is 0 Å². The van der Waals surface area contributed by atoms with Crippen LogP contribution in [0.2, 0.25) is 0 Å². The molecular formula is C18H28N2O. The zero-order chi connectivity index (χ0) is 15.6. The predicted molar refractivity (Wildman–Crippen MR) is 87.9 cm³/mol. The number of nitrogens with one attached hydrogen (secondary N) is 1. The molecule has 1 amide bonds. The summed E-state index contributed by atoms with van der Waals surface area (Å²) in [5.74, 6) is 0.582. The van der Waals surface area contributed by atoms with Crippen molar-refractivity contribution in [2.24, 2.45) is 11.3 Å². The second-order valence-corrected chi connectivity index (χ2v) is 7.69. The summed E-state index contributed by atoms with van der Waals surface area (Å²) in [5.41, 5.74) is 9.41. The topological polar surface area (TPSA) is 55.1 Å². The minimum atomic E-state index is 0.162. The smallest absolute Gasteiger partial charge is 0.220 e. The summed E-state index contributed by atoms with van der Waals surface area (Å²) < 4.78 is 0. The minimum absolute atomic E-state index is 0.162. The van der Waals surface area contributed by atoms with Gasteiger partial charge in [0.2, 0.25) is 5.91 Å². The second-order valence-electron chi connectivity index (χ2n) is 7.69. The fourth-order valence-electron chi connectivity index (χ4n) is 3.47. The van der Waals surface area contributed by atoms with E-state index in [9.17, 15) is 4.79 Å². The summed E-state index contributed by atoms with van der Waals surface area (Å²) >= 11 is 0. The molecule has 0 radical (unpaired) electrons. The first-order valence-electron chi connectivity index (χ1n) is 7.92. The number of amides is 1.